The molecule has 0 N–H and O–H groups in total. The van der Waals surface area contributed by atoms with E-state index >= 15 is 0 Å². The molecular formula is C45H31NO2. The number of anilines is 3. The summed E-state index contributed by atoms with van der Waals surface area (Å²) in [6, 6.07) is 54.0. The van der Waals surface area contributed by atoms with E-state index in [1.807, 2.05) is 24.3 Å². The molecule has 7 aromatic carbocycles. The number of fused-ring (bicyclic) bond motifs is 9. The molecule has 1 aliphatic rings. The molecule has 2 heterocycles. The molecule has 3 nitrogen and oxygen atoms in total. The van der Waals surface area contributed by atoms with E-state index < -0.39 is 0 Å². The third kappa shape index (κ3) is 3.82. The van der Waals surface area contributed by atoms with Crippen LogP contribution < -0.4 is 4.90 Å². The Balaban J connectivity index is 1.17. The minimum absolute atomic E-state index is 0.114. The van der Waals surface area contributed by atoms with E-state index in [2.05, 4.69) is 146 Å². The van der Waals surface area contributed by atoms with Gasteiger partial charge in [-0.3, -0.25) is 0 Å². The minimum atomic E-state index is -0.114. The SMILES string of the molecule is CC1(C)c2ccccc2-c2ccc(N(c3ccc(-c4cccc5c4oc4ccccc45)cc3)c3cccc4oc5ccccc5c34)cc21. The van der Waals surface area contributed by atoms with Crippen molar-refractivity contribution in [2.45, 2.75) is 19.3 Å². The molecular weight excluding hydrogens is 587 g/mol. The summed E-state index contributed by atoms with van der Waals surface area (Å²) in [6.45, 7) is 4.67. The Hall–Kier alpha value is -6.06. The second-order valence-electron chi connectivity index (χ2n) is 13.3. The zero-order chi connectivity index (χ0) is 32.0. The number of para-hydroxylation sites is 3. The maximum absolute atomic E-state index is 6.40. The molecule has 0 aliphatic heterocycles. The summed E-state index contributed by atoms with van der Waals surface area (Å²) in [4.78, 5) is 2.38. The number of nitrogens with zero attached hydrogens (tertiary/aromatic N) is 1. The van der Waals surface area contributed by atoms with E-state index in [9.17, 15) is 0 Å². The van der Waals surface area contributed by atoms with Gasteiger partial charge >= 0.3 is 0 Å². The molecule has 0 unspecified atom stereocenters. The lowest BCUT2D eigenvalue weighted by molar-refractivity contribution is 0.660. The van der Waals surface area contributed by atoms with Gasteiger partial charge in [-0.15, -0.1) is 0 Å². The van der Waals surface area contributed by atoms with Crippen molar-refractivity contribution in [1.29, 1.82) is 0 Å². The molecule has 0 saturated carbocycles. The molecule has 0 radical (unpaired) electrons. The molecule has 10 rings (SSSR count). The van der Waals surface area contributed by atoms with Gasteiger partial charge in [-0.1, -0.05) is 117 Å². The number of hydrogen-bond donors (Lipinski definition) is 0. The quantitative estimate of drug-likeness (QED) is 0.197. The summed E-state index contributed by atoms with van der Waals surface area (Å²) in [7, 11) is 0. The fraction of sp³-hybridized carbons (Fsp3) is 0.0667. The van der Waals surface area contributed by atoms with Gasteiger partial charge < -0.3 is 13.7 Å². The standard InChI is InChI=1S/C45H31NO2/c1-45(2)37-16-6-3-11-32(37)33-26-25-30(27-38(33)45)46(39-17-10-20-42-43(39)36-13-5-8-19-41(36)47-42)29-23-21-28(22-24-29)31-14-9-15-35-34-12-4-7-18-40(34)48-44(31)35/h3-27H,1-2H3. The highest BCUT2D eigenvalue weighted by molar-refractivity contribution is 6.13. The monoisotopic (exact) mass is 617 g/mol. The topological polar surface area (TPSA) is 29.5 Å². The van der Waals surface area contributed by atoms with Gasteiger partial charge in [0.05, 0.1) is 11.1 Å². The van der Waals surface area contributed by atoms with Crippen LogP contribution in [-0.2, 0) is 5.41 Å². The van der Waals surface area contributed by atoms with Crippen molar-refractivity contribution < 1.29 is 8.83 Å². The van der Waals surface area contributed by atoms with Crippen LogP contribution in [0.1, 0.15) is 25.0 Å². The summed E-state index contributed by atoms with van der Waals surface area (Å²) in [6.07, 6.45) is 0. The van der Waals surface area contributed by atoms with E-state index in [-0.39, 0.29) is 5.41 Å². The van der Waals surface area contributed by atoms with Crippen molar-refractivity contribution in [2.75, 3.05) is 4.90 Å². The molecule has 2 aromatic heterocycles. The van der Waals surface area contributed by atoms with Gasteiger partial charge in [0.1, 0.15) is 22.3 Å². The molecule has 1 aliphatic carbocycles. The molecule has 0 atom stereocenters. The van der Waals surface area contributed by atoms with Crippen LogP contribution in [0.25, 0.3) is 66.1 Å². The summed E-state index contributed by atoms with van der Waals surface area (Å²) in [5.74, 6) is 0. The van der Waals surface area contributed by atoms with Crippen molar-refractivity contribution >= 4 is 60.9 Å². The molecule has 48 heavy (non-hydrogen) atoms. The highest BCUT2D eigenvalue weighted by Gasteiger charge is 2.36. The van der Waals surface area contributed by atoms with Gasteiger partial charge in [0.15, 0.2) is 0 Å². The summed E-state index contributed by atoms with van der Waals surface area (Å²) in [5, 5.41) is 4.48. The van der Waals surface area contributed by atoms with E-state index in [1.54, 1.807) is 0 Å². The zero-order valence-electron chi connectivity index (χ0n) is 26.7. The highest BCUT2D eigenvalue weighted by atomic mass is 16.3. The summed E-state index contributed by atoms with van der Waals surface area (Å²) in [5.41, 5.74) is 14.3. The second-order valence-corrected chi connectivity index (χ2v) is 13.3. The van der Waals surface area contributed by atoms with Crippen molar-refractivity contribution in [3.05, 3.63) is 163 Å². The molecule has 0 amide bonds. The van der Waals surface area contributed by atoms with Gasteiger partial charge in [-0.25, -0.2) is 0 Å². The maximum atomic E-state index is 6.40. The molecule has 3 heteroatoms. The van der Waals surface area contributed by atoms with Gasteiger partial charge in [0.2, 0.25) is 0 Å². The van der Waals surface area contributed by atoms with Crippen LogP contribution in [0.2, 0.25) is 0 Å². The van der Waals surface area contributed by atoms with Crippen LogP contribution in [-0.4, -0.2) is 0 Å². The first-order chi connectivity index (χ1) is 23.6. The van der Waals surface area contributed by atoms with E-state index in [0.29, 0.717) is 0 Å². The first-order valence-electron chi connectivity index (χ1n) is 16.5. The Bertz CT molecular complexity index is 2710. The van der Waals surface area contributed by atoms with Gasteiger partial charge in [-0.2, -0.15) is 0 Å². The Morgan fingerprint density at radius 3 is 1.94 bits per heavy atom. The largest absolute Gasteiger partial charge is 0.456 e. The predicted molar refractivity (Wildman–Crippen MR) is 199 cm³/mol. The fourth-order valence-corrected chi connectivity index (χ4v) is 7.97. The Kier molecular flexibility index (Phi) is 5.63. The van der Waals surface area contributed by atoms with Gasteiger partial charge in [-0.05, 0) is 76.3 Å². The number of rotatable bonds is 4. The fourth-order valence-electron chi connectivity index (χ4n) is 7.97. The van der Waals surface area contributed by atoms with Crippen molar-refractivity contribution in [2.24, 2.45) is 0 Å². The summed E-state index contributed by atoms with van der Waals surface area (Å²) >= 11 is 0. The Morgan fingerprint density at radius 1 is 0.458 bits per heavy atom. The molecule has 228 valence electrons. The lowest BCUT2D eigenvalue weighted by atomic mass is 9.82. The third-order valence-corrected chi connectivity index (χ3v) is 10.3. The molecule has 0 spiro atoms. The Labute approximate surface area is 278 Å². The second kappa shape index (κ2) is 9.97. The number of benzene rings is 7. The minimum Gasteiger partial charge on any atom is -0.456 e. The van der Waals surface area contributed by atoms with Crippen molar-refractivity contribution in [1.82, 2.24) is 0 Å². The van der Waals surface area contributed by atoms with Gasteiger partial charge in [0.25, 0.3) is 0 Å². The molecule has 0 bridgehead atoms. The summed E-state index contributed by atoms with van der Waals surface area (Å²) < 4.78 is 12.8. The predicted octanol–water partition coefficient (Wildman–Crippen LogP) is 12.9. The van der Waals surface area contributed by atoms with E-state index in [1.165, 1.54) is 22.3 Å². The van der Waals surface area contributed by atoms with Crippen LogP contribution in [0.3, 0.4) is 0 Å². The maximum Gasteiger partial charge on any atom is 0.143 e. The van der Waals surface area contributed by atoms with Crippen LogP contribution in [0.4, 0.5) is 17.1 Å². The smallest absolute Gasteiger partial charge is 0.143 e. The normalized spacial score (nSPS) is 13.4. The average molecular weight is 618 g/mol. The lowest BCUT2D eigenvalue weighted by Gasteiger charge is -2.28. The first kappa shape index (κ1) is 27.1. The van der Waals surface area contributed by atoms with Crippen LogP contribution in [0.15, 0.2) is 160 Å². The van der Waals surface area contributed by atoms with Crippen molar-refractivity contribution in [3.63, 3.8) is 0 Å². The van der Waals surface area contributed by atoms with Gasteiger partial charge in [0, 0.05) is 38.5 Å². The average Bonchev–Trinajstić information content (AvgIpc) is 3.77. The van der Waals surface area contributed by atoms with Crippen LogP contribution in [0, 0.1) is 0 Å². The number of hydrogen-bond acceptors (Lipinski definition) is 3. The Morgan fingerprint density at radius 2 is 1.08 bits per heavy atom. The first-order valence-corrected chi connectivity index (χ1v) is 16.5. The molecule has 9 aromatic rings. The lowest BCUT2D eigenvalue weighted by Crippen LogP contribution is -2.16. The van der Waals surface area contributed by atoms with Crippen molar-refractivity contribution in [3.8, 4) is 22.3 Å². The third-order valence-electron chi connectivity index (χ3n) is 10.3. The molecule has 0 saturated heterocycles. The zero-order valence-corrected chi connectivity index (χ0v) is 26.7. The van der Waals surface area contributed by atoms with Crippen LogP contribution >= 0.6 is 0 Å². The number of furan rings is 2. The van der Waals surface area contributed by atoms with E-state index in [0.717, 1.165) is 72.1 Å². The highest BCUT2D eigenvalue weighted by Crippen LogP contribution is 2.51. The molecule has 0 fully saturated rings. The van der Waals surface area contributed by atoms with Crippen LogP contribution in [0.5, 0.6) is 0 Å². The van der Waals surface area contributed by atoms with E-state index in [4.69, 9.17) is 8.83 Å².